The highest BCUT2D eigenvalue weighted by Gasteiger charge is 2.17. The standard InChI is InChI=1S/C6H10N2O3/c1-8(2)6(11)4(9)3-5(7)10/h3H2,1-2H3,(H2,7,10). The number of likely N-dealkylation sites (N-methyl/N-ethyl adjacent to an activating group) is 1. The van der Waals surface area contributed by atoms with Gasteiger partial charge in [-0.3, -0.25) is 14.4 Å². The number of ketones is 1. The maximum absolute atomic E-state index is 10.7. The van der Waals surface area contributed by atoms with Crippen LogP contribution in [-0.2, 0) is 14.4 Å². The fourth-order valence-corrected chi connectivity index (χ4v) is 0.483. The summed E-state index contributed by atoms with van der Waals surface area (Å²) < 4.78 is 0. The van der Waals surface area contributed by atoms with E-state index in [-0.39, 0.29) is 0 Å². The van der Waals surface area contributed by atoms with Crippen molar-refractivity contribution in [1.29, 1.82) is 0 Å². The first-order chi connectivity index (χ1) is 4.95. The lowest BCUT2D eigenvalue weighted by molar-refractivity contribution is -0.144. The van der Waals surface area contributed by atoms with Gasteiger partial charge in [-0.05, 0) is 0 Å². The minimum absolute atomic E-state index is 0.517. The Balaban J connectivity index is 4.05. The molecule has 0 rings (SSSR count). The van der Waals surface area contributed by atoms with Crippen LogP contribution in [0.1, 0.15) is 6.42 Å². The van der Waals surface area contributed by atoms with Gasteiger partial charge >= 0.3 is 0 Å². The quantitative estimate of drug-likeness (QED) is 0.401. The lowest BCUT2D eigenvalue weighted by Crippen LogP contribution is -2.32. The zero-order valence-corrected chi connectivity index (χ0v) is 6.46. The van der Waals surface area contributed by atoms with Crippen molar-refractivity contribution in [3.05, 3.63) is 0 Å². The summed E-state index contributed by atoms with van der Waals surface area (Å²) in [5, 5.41) is 0. The SMILES string of the molecule is CN(C)C(=O)C(=O)CC(N)=O. The van der Waals surface area contributed by atoms with Gasteiger partial charge in [-0.15, -0.1) is 0 Å². The third kappa shape index (κ3) is 3.34. The molecule has 0 aromatic heterocycles. The van der Waals surface area contributed by atoms with Gasteiger partial charge in [0.15, 0.2) is 0 Å². The summed E-state index contributed by atoms with van der Waals surface area (Å²) in [4.78, 5) is 32.7. The molecule has 2 N–H and O–H groups in total. The number of nitrogens with zero attached hydrogens (tertiary/aromatic N) is 1. The molecule has 0 unspecified atom stereocenters. The smallest absolute Gasteiger partial charge is 0.289 e. The molecule has 0 aliphatic carbocycles. The molecule has 0 aliphatic rings. The second kappa shape index (κ2) is 3.70. The molecule has 2 amide bonds. The Bertz CT molecular complexity index is 198. The second-order valence-electron chi connectivity index (χ2n) is 2.27. The van der Waals surface area contributed by atoms with E-state index in [4.69, 9.17) is 5.73 Å². The average Bonchev–Trinajstić information content (AvgIpc) is 1.84. The van der Waals surface area contributed by atoms with Crippen molar-refractivity contribution in [2.75, 3.05) is 14.1 Å². The third-order valence-corrected chi connectivity index (χ3v) is 0.980. The summed E-state index contributed by atoms with van der Waals surface area (Å²) in [7, 11) is 2.86. The average molecular weight is 158 g/mol. The van der Waals surface area contributed by atoms with Crippen molar-refractivity contribution in [3.63, 3.8) is 0 Å². The number of carbonyl (C=O) groups is 3. The predicted octanol–water partition coefficient (Wildman–Crippen LogP) is -1.48. The summed E-state index contributed by atoms with van der Waals surface area (Å²) in [6.07, 6.45) is -0.517. The third-order valence-electron chi connectivity index (χ3n) is 0.980. The van der Waals surface area contributed by atoms with Crippen molar-refractivity contribution in [3.8, 4) is 0 Å². The molecule has 0 atom stereocenters. The van der Waals surface area contributed by atoms with Crippen LogP contribution >= 0.6 is 0 Å². The van der Waals surface area contributed by atoms with Crippen molar-refractivity contribution in [2.24, 2.45) is 5.73 Å². The summed E-state index contributed by atoms with van der Waals surface area (Å²) in [5.41, 5.74) is 4.70. The van der Waals surface area contributed by atoms with Gasteiger partial charge in [-0.1, -0.05) is 0 Å². The summed E-state index contributed by atoms with van der Waals surface area (Å²) in [6, 6.07) is 0. The molecule has 0 bridgehead atoms. The number of amides is 2. The van der Waals surface area contributed by atoms with Crippen LogP contribution in [0.5, 0.6) is 0 Å². The van der Waals surface area contributed by atoms with E-state index in [1.165, 1.54) is 14.1 Å². The van der Waals surface area contributed by atoms with E-state index in [0.29, 0.717) is 0 Å². The number of hydrogen-bond acceptors (Lipinski definition) is 3. The van der Waals surface area contributed by atoms with E-state index in [0.717, 1.165) is 4.90 Å². The van der Waals surface area contributed by atoms with Crippen LogP contribution in [0.2, 0.25) is 0 Å². The Kier molecular flexibility index (Phi) is 3.23. The first-order valence-electron chi connectivity index (χ1n) is 2.98. The Morgan fingerprint density at radius 2 is 1.73 bits per heavy atom. The Morgan fingerprint density at radius 1 is 1.27 bits per heavy atom. The van der Waals surface area contributed by atoms with Crippen molar-refractivity contribution < 1.29 is 14.4 Å². The molecule has 0 aliphatic heterocycles. The lowest BCUT2D eigenvalue weighted by atomic mass is 10.2. The lowest BCUT2D eigenvalue weighted by Gasteiger charge is -2.06. The normalized spacial score (nSPS) is 8.91. The van der Waals surface area contributed by atoms with E-state index >= 15 is 0 Å². The van der Waals surface area contributed by atoms with Gasteiger partial charge in [0.2, 0.25) is 11.7 Å². The molecule has 0 spiro atoms. The fraction of sp³-hybridized carbons (Fsp3) is 0.500. The molecular weight excluding hydrogens is 148 g/mol. The predicted molar refractivity (Wildman–Crippen MR) is 37.5 cm³/mol. The van der Waals surface area contributed by atoms with Crippen LogP contribution in [0.4, 0.5) is 0 Å². The zero-order chi connectivity index (χ0) is 9.02. The van der Waals surface area contributed by atoms with E-state index in [9.17, 15) is 14.4 Å². The first kappa shape index (κ1) is 9.61. The zero-order valence-electron chi connectivity index (χ0n) is 6.46. The molecule has 11 heavy (non-hydrogen) atoms. The monoisotopic (exact) mass is 158 g/mol. The molecular formula is C6H10N2O3. The van der Waals surface area contributed by atoms with Crippen LogP contribution in [0, 0.1) is 0 Å². The molecule has 0 aromatic carbocycles. The molecule has 0 fully saturated rings. The number of Topliss-reactive ketones (excluding diaryl/α,β-unsaturated/α-hetero) is 1. The molecule has 5 heteroatoms. The highest BCUT2D eigenvalue weighted by atomic mass is 16.2. The van der Waals surface area contributed by atoms with Crippen LogP contribution in [-0.4, -0.2) is 36.6 Å². The van der Waals surface area contributed by atoms with Crippen LogP contribution < -0.4 is 5.73 Å². The number of hydrogen-bond donors (Lipinski definition) is 1. The molecule has 0 saturated heterocycles. The van der Waals surface area contributed by atoms with E-state index < -0.39 is 24.0 Å². The number of rotatable bonds is 3. The van der Waals surface area contributed by atoms with Crippen molar-refractivity contribution in [1.82, 2.24) is 4.90 Å². The molecule has 0 heterocycles. The molecule has 62 valence electrons. The van der Waals surface area contributed by atoms with Crippen LogP contribution in [0.3, 0.4) is 0 Å². The molecule has 5 nitrogen and oxygen atoms in total. The molecule has 0 aromatic rings. The molecule has 0 saturated carbocycles. The van der Waals surface area contributed by atoms with Gasteiger partial charge in [0.05, 0.1) is 6.42 Å². The van der Waals surface area contributed by atoms with E-state index in [1.54, 1.807) is 0 Å². The van der Waals surface area contributed by atoms with Crippen molar-refractivity contribution in [2.45, 2.75) is 6.42 Å². The van der Waals surface area contributed by atoms with Gasteiger partial charge in [0, 0.05) is 14.1 Å². The maximum atomic E-state index is 10.7. The largest absolute Gasteiger partial charge is 0.369 e. The van der Waals surface area contributed by atoms with Crippen LogP contribution in [0.15, 0.2) is 0 Å². The highest BCUT2D eigenvalue weighted by molar-refractivity contribution is 6.38. The maximum Gasteiger partial charge on any atom is 0.289 e. The first-order valence-corrected chi connectivity index (χ1v) is 2.98. The Hall–Kier alpha value is -1.39. The van der Waals surface area contributed by atoms with Gasteiger partial charge in [0.1, 0.15) is 0 Å². The minimum atomic E-state index is -0.787. The summed E-state index contributed by atoms with van der Waals surface area (Å²) in [5.74, 6) is -2.27. The number of nitrogens with two attached hydrogens (primary N) is 1. The summed E-state index contributed by atoms with van der Waals surface area (Å²) in [6.45, 7) is 0. The van der Waals surface area contributed by atoms with Crippen LogP contribution in [0.25, 0.3) is 0 Å². The topological polar surface area (TPSA) is 80.5 Å². The Labute approximate surface area is 64.1 Å². The van der Waals surface area contributed by atoms with Gasteiger partial charge in [0.25, 0.3) is 5.91 Å². The number of primary amides is 1. The van der Waals surface area contributed by atoms with E-state index in [2.05, 4.69) is 0 Å². The van der Waals surface area contributed by atoms with Gasteiger partial charge < -0.3 is 10.6 Å². The summed E-state index contributed by atoms with van der Waals surface area (Å²) >= 11 is 0. The Morgan fingerprint density at radius 3 is 2.00 bits per heavy atom. The fourth-order valence-electron chi connectivity index (χ4n) is 0.483. The number of carbonyl (C=O) groups excluding carboxylic acids is 3. The van der Waals surface area contributed by atoms with Gasteiger partial charge in [-0.25, -0.2) is 0 Å². The van der Waals surface area contributed by atoms with Gasteiger partial charge in [-0.2, -0.15) is 0 Å². The van der Waals surface area contributed by atoms with E-state index in [1.807, 2.05) is 0 Å². The molecule has 0 radical (unpaired) electrons. The second-order valence-corrected chi connectivity index (χ2v) is 2.27. The minimum Gasteiger partial charge on any atom is -0.369 e. The van der Waals surface area contributed by atoms with Crippen molar-refractivity contribution >= 4 is 17.6 Å². The highest BCUT2D eigenvalue weighted by Crippen LogP contribution is 1.86.